The van der Waals surface area contributed by atoms with E-state index in [1.807, 2.05) is 9.80 Å². The monoisotopic (exact) mass is 285 g/mol. The van der Waals surface area contributed by atoms with Gasteiger partial charge in [0.15, 0.2) is 0 Å². The number of piperazine rings is 1. The fourth-order valence-corrected chi connectivity index (χ4v) is 2.78. The fourth-order valence-electron chi connectivity index (χ4n) is 2.78. The number of carboxylic acid groups (broad SMARTS) is 1. The molecule has 0 saturated carbocycles. The van der Waals surface area contributed by atoms with E-state index >= 15 is 0 Å². The predicted octanol–water partition coefficient (Wildman–Crippen LogP) is -1.02. The normalized spacial score (nSPS) is 29.4. The number of methoxy groups -OCH3 is 1. The van der Waals surface area contributed by atoms with Crippen LogP contribution in [-0.2, 0) is 14.3 Å². The summed E-state index contributed by atoms with van der Waals surface area (Å²) in [6.45, 7) is 4.79. The van der Waals surface area contributed by atoms with E-state index in [0.717, 1.165) is 0 Å². The lowest BCUT2D eigenvalue weighted by Gasteiger charge is -2.37. The maximum absolute atomic E-state index is 12.3. The smallest absolute Gasteiger partial charge is 0.320 e. The molecule has 7 nitrogen and oxygen atoms in total. The Hall–Kier alpha value is -1.18. The van der Waals surface area contributed by atoms with E-state index in [0.29, 0.717) is 39.1 Å². The van der Waals surface area contributed by atoms with Crippen LogP contribution < -0.4 is 5.32 Å². The Morgan fingerprint density at radius 3 is 2.45 bits per heavy atom. The van der Waals surface area contributed by atoms with E-state index in [9.17, 15) is 9.59 Å². The van der Waals surface area contributed by atoms with E-state index < -0.39 is 12.0 Å². The van der Waals surface area contributed by atoms with Crippen LogP contribution in [0.2, 0.25) is 0 Å². The average molecular weight is 285 g/mol. The number of carbonyl (C=O) groups excluding carboxylic acids is 1. The molecule has 3 atom stereocenters. The number of hydrogen-bond acceptors (Lipinski definition) is 5. The summed E-state index contributed by atoms with van der Waals surface area (Å²) in [4.78, 5) is 27.0. The zero-order valence-electron chi connectivity index (χ0n) is 12.0. The third-order valence-electron chi connectivity index (χ3n) is 4.25. The molecular formula is C13H23N3O4. The number of nitrogens with zero attached hydrogens (tertiary/aromatic N) is 2. The molecule has 2 rings (SSSR count). The van der Waals surface area contributed by atoms with Crippen LogP contribution in [0.25, 0.3) is 0 Å². The molecule has 1 amide bonds. The van der Waals surface area contributed by atoms with Crippen LogP contribution in [0.4, 0.5) is 0 Å². The van der Waals surface area contributed by atoms with Crippen LogP contribution in [0.5, 0.6) is 0 Å². The van der Waals surface area contributed by atoms with Gasteiger partial charge in [-0.05, 0) is 13.3 Å². The summed E-state index contributed by atoms with van der Waals surface area (Å²) in [5, 5.41) is 12.2. The minimum atomic E-state index is -0.815. The Morgan fingerprint density at radius 1 is 1.30 bits per heavy atom. The summed E-state index contributed by atoms with van der Waals surface area (Å²) in [5.74, 6) is -0.711. The molecule has 2 aliphatic heterocycles. The van der Waals surface area contributed by atoms with Gasteiger partial charge in [0.25, 0.3) is 0 Å². The first-order chi connectivity index (χ1) is 9.52. The first kappa shape index (κ1) is 15.2. The molecule has 2 saturated heterocycles. The van der Waals surface area contributed by atoms with Crippen LogP contribution in [-0.4, -0.2) is 84.8 Å². The topological polar surface area (TPSA) is 82.1 Å². The van der Waals surface area contributed by atoms with Crippen LogP contribution in [0.3, 0.4) is 0 Å². The molecule has 2 aliphatic rings. The number of carbonyl (C=O) groups is 2. The summed E-state index contributed by atoms with van der Waals surface area (Å²) in [6.07, 6.45) is 0.818. The van der Waals surface area contributed by atoms with E-state index in [2.05, 4.69) is 5.32 Å². The molecule has 2 heterocycles. The van der Waals surface area contributed by atoms with Gasteiger partial charge in [0.05, 0.1) is 12.1 Å². The Morgan fingerprint density at radius 2 is 1.95 bits per heavy atom. The van der Waals surface area contributed by atoms with Crippen LogP contribution >= 0.6 is 0 Å². The summed E-state index contributed by atoms with van der Waals surface area (Å²) < 4.78 is 5.25. The number of hydrogen-bond donors (Lipinski definition) is 2. The Labute approximate surface area is 118 Å². The highest BCUT2D eigenvalue weighted by Crippen LogP contribution is 2.14. The van der Waals surface area contributed by atoms with Crippen molar-refractivity contribution < 1.29 is 19.4 Å². The van der Waals surface area contributed by atoms with Crippen molar-refractivity contribution in [2.45, 2.75) is 31.5 Å². The molecule has 0 aromatic rings. The van der Waals surface area contributed by atoms with Crippen LogP contribution in [0, 0.1) is 0 Å². The van der Waals surface area contributed by atoms with Gasteiger partial charge in [-0.25, -0.2) is 0 Å². The summed E-state index contributed by atoms with van der Waals surface area (Å²) >= 11 is 0. The highest BCUT2D eigenvalue weighted by Gasteiger charge is 2.34. The number of carboxylic acids is 1. The van der Waals surface area contributed by atoms with E-state index in [-0.39, 0.29) is 18.1 Å². The van der Waals surface area contributed by atoms with Crippen molar-refractivity contribution in [1.29, 1.82) is 0 Å². The molecule has 2 fully saturated rings. The molecule has 0 aliphatic carbocycles. The van der Waals surface area contributed by atoms with Crippen molar-refractivity contribution in [1.82, 2.24) is 15.1 Å². The highest BCUT2D eigenvalue weighted by atomic mass is 16.5. The summed E-state index contributed by atoms with van der Waals surface area (Å²) in [6, 6.07) is -0.655. The number of amides is 1. The first-order valence-corrected chi connectivity index (χ1v) is 7.04. The van der Waals surface area contributed by atoms with Gasteiger partial charge in [-0.2, -0.15) is 0 Å². The van der Waals surface area contributed by atoms with Crippen molar-refractivity contribution in [3.05, 3.63) is 0 Å². The molecule has 2 N–H and O–H groups in total. The van der Waals surface area contributed by atoms with Gasteiger partial charge in [0.2, 0.25) is 5.91 Å². The number of aliphatic carboxylic acids is 1. The minimum absolute atomic E-state index is 0.104. The van der Waals surface area contributed by atoms with Gasteiger partial charge in [-0.15, -0.1) is 0 Å². The van der Waals surface area contributed by atoms with Crippen molar-refractivity contribution in [3.63, 3.8) is 0 Å². The van der Waals surface area contributed by atoms with Crippen LogP contribution in [0.15, 0.2) is 0 Å². The summed E-state index contributed by atoms with van der Waals surface area (Å²) in [7, 11) is 1.66. The molecule has 0 aromatic heterocycles. The Kier molecular flexibility index (Phi) is 4.95. The number of nitrogens with one attached hydrogen (secondary N) is 1. The van der Waals surface area contributed by atoms with Crippen molar-refractivity contribution >= 4 is 11.9 Å². The standard InChI is InChI=1S/C13H23N3O4/c1-9(13(18)19)15-3-5-16(6-4-15)12(17)11-7-10(20-2)8-14-11/h9-11,14H,3-8H2,1-2H3,(H,18,19). The lowest BCUT2D eigenvalue weighted by Crippen LogP contribution is -2.55. The largest absolute Gasteiger partial charge is 0.480 e. The molecule has 0 spiro atoms. The first-order valence-electron chi connectivity index (χ1n) is 7.04. The van der Waals surface area contributed by atoms with Gasteiger partial charge in [0.1, 0.15) is 6.04 Å². The van der Waals surface area contributed by atoms with Crippen molar-refractivity contribution in [2.75, 3.05) is 39.8 Å². The maximum atomic E-state index is 12.3. The second kappa shape index (κ2) is 6.51. The number of rotatable bonds is 4. The van der Waals surface area contributed by atoms with Gasteiger partial charge < -0.3 is 20.1 Å². The lowest BCUT2D eigenvalue weighted by molar-refractivity contribution is -0.144. The molecule has 0 bridgehead atoms. The SMILES string of the molecule is COC1CNC(C(=O)N2CCN(C(C)C(=O)O)CC2)C1. The van der Waals surface area contributed by atoms with E-state index in [1.165, 1.54) is 0 Å². The fraction of sp³-hybridized carbons (Fsp3) is 0.846. The Bertz CT molecular complexity index is 369. The molecule has 0 aromatic carbocycles. The van der Waals surface area contributed by atoms with E-state index in [1.54, 1.807) is 14.0 Å². The average Bonchev–Trinajstić information content (AvgIpc) is 2.94. The quantitative estimate of drug-likeness (QED) is 0.688. The molecule has 3 unspecified atom stereocenters. The zero-order chi connectivity index (χ0) is 14.7. The predicted molar refractivity (Wildman–Crippen MR) is 72.5 cm³/mol. The highest BCUT2D eigenvalue weighted by molar-refractivity contribution is 5.82. The van der Waals surface area contributed by atoms with Gasteiger partial charge >= 0.3 is 5.97 Å². The van der Waals surface area contributed by atoms with E-state index in [4.69, 9.17) is 9.84 Å². The van der Waals surface area contributed by atoms with Crippen molar-refractivity contribution in [3.8, 4) is 0 Å². The number of ether oxygens (including phenoxy) is 1. The molecule has 7 heteroatoms. The van der Waals surface area contributed by atoms with Crippen LogP contribution in [0.1, 0.15) is 13.3 Å². The molecular weight excluding hydrogens is 262 g/mol. The Balaban J connectivity index is 1.82. The second-order valence-electron chi connectivity index (χ2n) is 5.43. The maximum Gasteiger partial charge on any atom is 0.320 e. The molecule has 0 radical (unpaired) electrons. The molecule has 114 valence electrons. The third-order valence-corrected chi connectivity index (χ3v) is 4.25. The third kappa shape index (κ3) is 3.28. The minimum Gasteiger partial charge on any atom is -0.480 e. The zero-order valence-corrected chi connectivity index (χ0v) is 12.0. The molecule has 20 heavy (non-hydrogen) atoms. The van der Waals surface area contributed by atoms with Crippen molar-refractivity contribution in [2.24, 2.45) is 0 Å². The van der Waals surface area contributed by atoms with Gasteiger partial charge in [-0.1, -0.05) is 0 Å². The summed E-state index contributed by atoms with van der Waals surface area (Å²) in [5.41, 5.74) is 0. The van der Waals surface area contributed by atoms with Gasteiger partial charge in [-0.3, -0.25) is 14.5 Å². The second-order valence-corrected chi connectivity index (χ2v) is 5.43. The lowest BCUT2D eigenvalue weighted by atomic mass is 10.1. The van der Waals surface area contributed by atoms with Gasteiger partial charge in [0, 0.05) is 39.8 Å².